The quantitative estimate of drug-likeness (QED) is 0.469. The Morgan fingerprint density at radius 2 is 1.65 bits per heavy atom. The first-order valence-corrected chi connectivity index (χ1v) is 7.18. The molecule has 0 spiro atoms. The minimum atomic E-state index is -3.75. The molecule has 0 heterocycles. The number of primary sulfonamides is 1. The summed E-state index contributed by atoms with van der Waals surface area (Å²) >= 11 is 0. The van der Waals surface area contributed by atoms with Crippen molar-refractivity contribution >= 4 is 21.8 Å². The minimum absolute atomic E-state index is 0.00465. The molecule has 0 aromatic heterocycles. The zero-order chi connectivity index (χ0) is 15.2. The van der Waals surface area contributed by atoms with E-state index in [1.807, 2.05) is 0 Å². The second-order valence-corrected chi connectivity index (χ2v) is 5.41. The number of rotatable bonds is 5. The average Bonchev–Trinajstić information content (AvgIpc) is 2.41. The number of nitrogens with two attached hydrogens (primary N) is 1. The third kappa shape index (κ3) is 4.96. The standard InChI is InChI=1S/C11H15N3O5S/c12-20(18,19)9-3-1-8(2-4-9)7-14-11(17)10(16)13-5-6-15/h1-4,15H,5-7H2,(H,13,16)(H,14,17)(H2,12,18,19). The highest BCUT2D eigenvalue weighted by molar-refractivity contribution is 7.89. The Hall–Kier alpha value is -1.97. The van der Waals surface area contributed by atoms with Gasteiger partial charge in [0.15, 0.2) is 0 Å². The molecule has 0 bridgehead atoms. The SMILES string of the molecule is NS(=O)(=O)c1ccc(CNC(=O)C(=O)NCCO)cc1. The van der Waals surface area contributed by atoms with Crippen molar-refractivity contribution in [3.63, 3.8) is 0 Å². The van der Waals surface area contributed by atoms with E-state index in [0.29, 0.717) is 5.56 Å². The number of benzene rings is 1. The first kappa shape index (κ1) is 16.1. The molecule has 9 heteroatoms. The Bertz CT molecular complexity index is 583. The fraction of sp³-hybridized carbons (Fsp3) is 0.273. The molecule has 8 nitrogen and oxygen atoms in total. The van der Waals surface area contributed by atoms with Gasteiger partial charge in [-0.2, -0.15) is 0 Å². The molecule has 0 atom stereocenters. The largest absolute Gasteiger partial charge is 0.395 e. The second-order valence-electron chi connectivity index (χ2n) is 3.85. The fourth-order valence-corrected chi connectivity index (χ4v) is 1.82. The highest BCUT2D eigenvalue weighted by Crippen LogP contribution is 2.08. The Balaban J connectivity index is 2.54. The predicted molar refractivity (Wildman–Crippen MR) is 69.8 cm³/mol. The monoisotopic (exact) mass is 301 g/mol. The van der Waals surface area contributed by atoms with Crippen molar-refractivity contribution < 1.29 is 23.1 Å². The van der Waals surface area contributed by atoms with Gasteiger partial charge in [0.2, 0.25) is 10.0 Å². The van der Waals surface area contributed by atoms with Crippen molar-refractivity contribution in [3.8, 4) is 0 Å². The number of hydrogen-bond donors (Lipinski definition) is 4. The van der Waals surface area contributed by atoms with Crippen molar-refractivity contribution in [2.75, 3.05) is 13.2 Å². The lowest BCUT2D eigenvalue weighted by atomic mass is 10.2. The number of amides is 2. The number of nitrogens with one attached hydrogen (secondary N) is 2. The van der Waals surface area contributed by atoms with Gasteiger partial charge in [-0.1, -0.05) is 12.1 Å². The van der Waals surface area contributed by atoms with Gasteiger partial charge in [0.25, 0.3) is 0 Å². The Morgan fingerprint density at radius 1 is 1.10 bits per heavy atom. The third-order valence-corrected chi connectivity index (χ3v) is 3.24. The normalized spacial score (nSPS) is 10.9. The molecule has 110 valence electrons. The molecule has 0 unspecified atom stereocenters. The number of aliphatic hydroxyl groups excluding tert-OH is 1. The summed E-state index contributed by atoms with van der Waals surface area (Å²) in [5.74, 6) is -1.69. The smallest absolute Gasteiger partial charge is 0.309 e. The molecule has 0 saturated heterocycles. The maximum absolute atomic E-state index is 11.3. The lowest BCUT2D eigenvalue weighted by Crippen LogP contribution is -2.40. The molecule has 5 N–H and O–H groups in total. The molecule has 0 saturated carbocycles. The first-order chi connectivity index (χ1) is 9.34. The van der Waals surface area contributed by atoms with Crippen LogP contribution in [0.3, 0.4) is 0 Å². The summed E-state index contributed by atoms with van der Waals surface area (Å²) < 4.78 is 22.1. The van der Waals surface area contributed by atoms with Gasteiger partial charge in [-0.3, -0.25) is 9.59 Å². The van der Waals surface area contributed by atoms with Crippen LogP contribution in [0, 0.1) is 0 Å². The Kier molecular flexibility index (Phi) is 5.62. The van der Waals surface area contributed by atoms with Crippen LogP contribution >= 0.6 is 0 Å². The number of aliphatic hydroxyl groups is 1. The van der Waals surface area contributed by atoms with Crippen LogP contribution < -0.4 is 15.8 Å². The van der Waals surface area contributed by atoms with Gasteiger partial charge in [-0.05, 0) is 17.7 Å². The van der Waals surface area contributed by atoms with E-state index in [1.165, 1.54) is 24.3 Å². The summed E-state index contributed by atoms with van der Waals surface area (Å²) in [6, 6.07) is 5.57. The van der Waals surface area contributed by atoms with Crippen LogP contribution in [0.25, 0.3) is 0 Å². The molecule has 1 rings (SSSR count). The van der Waals surface area contributed by atoms with Crippen LogP contribution in [-0.2, 0) is 26.2 Å². The minimum Gasteiger partial charge on any atom is -0.395 e. The summed E-state index contributed by atoms with van der Waals surface area (Å²) in [6.07, 6.45) is 0. The predicted octanol–water partition coefficient (Wildman–Crippen LogP) is -1.94. The van der Waals surface area contributed by atoms with Gasteiger partial charge in [-0.25, -0.2) is 13.6 Å². The summed E-state index contributed by atoms with van der Waals surface area (Å²) in [4.78, 5) is 22.5. The van der Waals surface area contributed by atoms with Crippen molar-refractivity contribution in [1.82, 2.24) is 10.6 Å². The van der Waals surface area contributed by atoms with Crippen molar-refractivity contribution in [1.29, 1.82) is 0 Å². The number of hydrogen-bond acceptors (Lipinski definition) is 5. The third-order valence-electron chi connectivity index (χ3n) is 2.31. The molecular weight excluding hydrogens is 286 g/mol. The van der Waals surface area contributed by atoms with Gasteiger partial charge >= 0.3 is 11.8 Å². The summed E-state index contributed by atoms with van der Waals surface area (Å²) in [5.41, 5.74) is 0.612. The molecule has 0 aliphatic rings. The van der Waals surface area contributed by atoms with E-state index in [-0.39, 0.29) is 24.6 Å². The van der Waals surface area contributed by atoms with Gasteiger partial charge in [0.1, 0.15) is 0 Å². The maximum atomic E-state index is 11.3. The van der Waals surface area contributed by atoms with E-state index >= 15 is 0 Å². The van der Waals surface area contributed by atoms with Gasteiger partial charge in [0.05, 0.1) is 11.5 Å². The maximum Gasteiger partial charge on any atom is 0.309 e. The molecule has 1 aromatic rings. The molecule has 2 amide bonds. The van der Waals surface area contributed by atoms with Crippen LogP contribution in [0.5, 0.6) is 0 Å². The number of sulfonamides is 1. The summed E-state index contributed by atoms with van der Waals surface area (Å²) in [6.45, 7) is -0.195. The molecule has 0 fully saturated rings. The van der Waals surface area contributed by atoms with Crippen LogP contribution in [-0.4, -0.2) is 38.5 Å². The molecule has 0 radical (unpaired) electrons. The second kappa shape index (κ2) is 6.98. The van der Waals surface area contributed by atoms with Crippen LogP contribution in [0.2, 0.25) is 0 Å². The molecule has 1 aromatic carbocycles. The summed E-state index contributed by atoms with van der Waals surface area (Å²) in [7, 11) is -3.75. The van der Waals surface area contributed by atoms with E-state index in [2.05, 4.69) is 10.6 Å². The lowest BCUT2D eigenvalue weighted by molar-refractivity contribution is -0.139. The molecule has 0 aliphatic carbocycles. The number of carbonyl (C=O) groups excluding carboxylic acids is 2. The average molecular weight is 301 g/mol. The Morgan fingerprint density at radius 3 is 2.15 bits per heavy atom. The molecular formula is C11H15N3O5S. The zero-order valence-corrected chi connectivity index (χ0v) is 11.3. The van der Waals surface area contributed by atoms with Crippen molar-refractivity contribution in [2.45, 2.75) is 11.4 Å². The molecule has 20 heavy (non-hydrogen) atoms. The fourth-order valence-electron chi connectivity index (χ4n) is 1.31. The van der Waals surface area contributed by atoms with Crippen molar-refractivity contribution in [3.05, 3.63) is 29.8 Å². The van der Waals surface area contributed by atoms with Crippen LogP contribution in [0.4, 0.5) is 0 Å². The van der Waals surface area contributed by atoms with E-state index < -0.39 is 21.8 Å². The first-order valence-electron chi connectivity index (χ1n) is 5.63. The van der Waals surface area contributed by atoms with Crippen molar-refractivity contribution in [2.24, 2.45) is 5.14 Å². The molecule has 0 aliphatic heterocycles. The highest BCUT2D eigenvalue weighted by atomic mass is 32.2. The van der Waals surface area contributed by atoms with Gasteiger partial charge in [-0.15, -0.1) is 0 Å². The van der Waals surface area contributed by atoms with Gasteiger partial charge < -0.3 is 15.7 Å². The van der Waals surface area contributed by atoms with Crippen LogP contribution in [0.15, 0.2) is 29.2 Å². The highest BCUT2D eigenvalue weighted by Gasteiger charge is 2.12. The van der Waals surface area contributed by atoms with E-state index in [9.17, 15) is 18.0 Å². The van der Waals surface area contributed by atoms with E-state index in [0.717, 1.165) is 0 Å². The Labute approximate surface area is 116 Å². The van der Waals surface area contributed by atoms with Gasteiger partial charge in [0, 0.05) is 13.1 Å². The van der Waals surface area contributed by atoms with E-state index in [1.54, 1.807) is 0 Å². The van der Waals surface area contributed by atoms with Crippen LogP contribution in [0.1, 0.15) is 5.56 Å². The number of carbonyl (C=O) groups is 2. The lowest BCUT2D eigenvalue weighted by Gasteiger charge is -2.06. The summed E-state index contributed by atoms with van der Waals surface area (Å²) in [5, 5.41) is 18.0. The van der Waals surface area contributed by atoms with E-state index in [4.69, 9.17) is 10.2 Å². The topological polar surface area (TPSA) is 139 Å². The zero-order valence-electron chi connectivity index (χ0n) is 10.5.